The number of methoxy groups -OCH3 is 1. The summed E-state index contributed by atoms with van der Waals surface area (Å²) in [5.41, 5.74) is 1.68. The summed E-state index contributed by atoms with van der Waals surface area (Å²) >= 11 is 1.70. The van der Waals surface area contributed by atoms with E-state index in [0.717, 1.165) is 17.7 Å². The predicted molar refractivity (Wildman–Crippen MR) is 71.1 cm³/mol. The van der Waals surface area contributed by atoms with Crippen molar-refractivity contribution in [3.8, 4) is 5.75 Å². The number of fused-ring (bicyclic) bond motifs is 1. The van der Waals surface area contributed by atoms with Crippen LogP contribution in [0.1, 0.15) is 25.8 Å². The van der Waals surface area contributed by atoms with Gasteiger partial charge in [-0.25, -0.2) is 0 Å². The molecule has 1 aromatic rings. The third-order valence-corrected chi connectivity index (χ3v) is 4.53. The molecule has 0 saturated carbocycles. The highest BCUT2D eigenvalue weighted by molar-refractivity contribution is 8.01. The highest BCUT2D eigenvalue weighted by atomic mass is 32.2. The van der Waals surface area contributed by atoms with Crippen LogP contribution < -0.4 is 10.2 Å². The highest BCUT2D eigenvalue weighted by Crippen LogP contribution is 2.42. The maximum atomic E-state index is 9.52. The van der Waals surface area contributed by atoms with Crippen LogP contribution in [0.3, 0.4) is 0 Å². The van der Waals surface area contributed by atoms with Gasteiger partial charge in [0.2, 0.25) is 0 Å². The molecule has 1 heterocycles. The molecule has 0 aromatic heterocycles. The zero-order chi connectivity index (χ0) is 12.6. The van der Waals surface area contributed by atoms with Crippen molar-refractivity contribution in [3.05, 3.63) is 17.7 Å². The standard InChI is InChI=1S/C12H17BO3S/c1-12(2)7-6-8-4-5-9(16-3)10(13(14)15)11(8)17-12/h4-5,14-15H,6-7H2,1-3H3. The summed E-state index contributed by atoms with van der Waals surface area (Å²) in [7, 11) is 0.0630. The fraction of sp³-hybridized carbons (Fsp3) is 0.500. The summed E-state index contributed by atoms with van der Waals surface area (Å²) in [6, 6.07) is 3.83. The molecule has 0 spiro atoms. The van der Waals surface area contributed by atoms with Crippen molar-refractivity contribution >= 4 is 24.3 Å². The summed E-state index contributed by atoms with van der Waals surface area (Å²) < 4.78 is 5.34. The van der Waals surface area contributed by atoms with Gasteiger partial charge in [-0.05, 0) is 24.5 Å². The Kier molecular flexibility index (Phi) is 3.43. The van der Waals surface area contributed by atoms with Crippen molar-refractivity contribution in [2.24, 2.45) is 0 Å². The average molecular weight is 252 g/mol. The summed E-state index contributed by atoms with van der Waals surface area (Å²) in [5.74, 6) is 0.545. The lowest BCUT2D eigenvalue weighted by Crippen LogP contribution is -2.36. The van der Waals surface area contributed by atoms with E-state index < -0.39 is 7.12 Å². The van der Waals surface area contributed by atoms with Crippen LogP contribution in [0.2, 0.25) is 0 Å². The Balaban J connectivity index is 2.55. The minimum absolute atomic E-state index is 0.128. The van der Waals surface area contributed by atoms with Gasteiger partial charge in [0.25, 0.3) is 0 Å². The molecule has 92 valence electrons. The molecule has 0 atom stereocenters. The Morgan fingerprint density at radius 3 is 2.65 bits per heavy atom. The lowest BCUT2D eigenvalue weighted by Gasteiger charge is -2.32. The van der Waals surface area contributed by atoms with Gasteiger partial charge in [0.15, 0.2) is 0 Å². The molecule has 0 fully saturated rings. The number of ether oxygens (including phenoxy) is 1. The Morgan fingerprint density at radius 1 is 1.35 bits per heavy atom. The molecule has 5 heteroatoms. The molecule has 3 nitrogen and oxygen atoms in total. The molecular weight excluding hydrogens is 235 g/mol. The van der Waals surface area contributed by atoms with Crippen LogP contribution in [0.15, 0.2) is 17.0 Å². The Hall–Kier alpha value is -0.645. The second kappa shape index (κ2) is 4.56. The molecule has 0 radical (unpaired) electrons. The molecule has 1 aliphatic heterocycles. The van der Waals surface area contributed by atoms with E-state index in [4.69, 9.17) is 4.74 Å². The first-order valence-corrected chi connectivity index (χ1v) is 6.51. The summed E-state index contributed by atoms with van der Waals surface area (Å²) in [5, 5.41) is 19.0. The van der Waals surface area contributed by atoms with E-state index in [1.54, 1.807) is 18.9 Å². The highest BCUT2D eigenvalue weighted by Gasteiger charge is 2.32. The van der Waals surface area contributed by atoms with E-state index in [1.165, 1.54) is 5.56 Å². The number of rotatable bonds is 2. The van der Waals surface area contributed by atoms with E-state index in [-0.39, 0.29) is 4.75 Å². The van der Waals surface area contributed by atoms with Crippen molar-refractivity contribution in [2.75, 3.05) is 7.11 Å². The Bertz CT molecular complexity index is 432. The molecule has 0 amide bonds. The van der Waals surface area contributed by atoms with Crippen LogP contribution in [0.25, 0.3) is 0 Å². The lowest BCUT2D eigenvalue weighted by atomic mass is 9.78. The van der Waals surface area contributed by atoms with Gasteiger partial charge < -0.3 is 14.8 Å². The van der Waals surface area contributed by atoms with Gasteiger partial charge >= 0.3 is 7.12 Å². The molecule has 0 bridgehead atoms. The number of hydrogen-bond acceptors (Lipinski definition) is 4. The number of aryl methyl sites for hydroxylation is 1. The normalized spacial score (nSPS) is 17.5. The number of hydrogen-bond donors (Lipinski definition) is 2. The average Bonchev–Trinajstić information content (AvgIpc) is 2.25. The van der Waals surface area contributed by atoms with Crippen molar-refractivity contribution in [3.63, 3.8) is 0 Å². The van der Waals surface area contributed by atoms with Crippen molar-refractivity contribution in [1.29, 1.82) is 0 Å². The van der Waals surface area contributed by atoms with Crippen LogP contribution in [-0.2, 0) is 6.42 Å². The number of benzene rings is 1. The fourth-order valence-electron chi connectivity index (χ4n) is 2.13. The van der Waals surface area contributed by atoms with Crippen molar-refractivity contribution in [1.82, 2.24) is 0 Å². The number of thioether (sulfide) groups is 1. The quantitative estimate of drug-likeness (QED) is 0.776. The van der Waals surface area contributed by atoms with E-state index >= 15 is 0 Å². The van der Waals surface area contributed by atoms with Crippen LogP contribution in [-0.4, -0.2) is 29.0 Å². The van der Waals surface area contributed by atoms with Gasteiger partial charge in [-0.3, -0.25) is 0 Å². The second-order valence-corrected chi connectivity index (χ2v) is 6.62. The largest absolute Gasteiger partial charge is 0.497 e. The zero-order valence-electron chi connectivity index (χ0n) is 10.4. The molecular formula is C12H17BO3S. The molecule has 1 aliphatic rings. The van der Waals surface area contributed by atoms with Crippen LogP contribution in [0.4, 0.5) is 0 Å². The van der Waals surface area contributed by atoms with Crippen molar-refractivity contribution in [2.45, 2.75) is 36.3 Å². The van der Waals surface area contributed by atoms with Gasteiger partial charge in [0, 0.05) is 15.1 Å². The Labute approximate surface area is 106 Å². The molecule has 1 aromatic carbocycles. The minimum Gasteiger partial charge on any atom is -0.497 e. The fourth-order valence-corrected chi connectivity index (χ4v) is 3.50. The first-order chi connectivity index (χ1) is 7.94. The molecule has 2 N–H and O–H groups in total. The predicted octanol–water partition coefficient (Wildman–Crippen LogP) is 1.19. The monoisotopic (exact) mass is 252 g/mol. The molecule has 17 heavy (non-hydrogen) atoms. The topological polar surface area (TPSA) is 49.7 Å². The maximum Gasteiger partial charge on any atom is 0.493 e. The summed E-state index contributed by atoms with van der Waals surface area (Å²) in [6.07, 6.45) is 2.07. The van der Waals surface area contributed by atoms with Gasteiger partial charge in [0.1, 0.15) is 5.75 Å². The SMILES string of the molecule is COc1ccc2c(c1B(O)O)SC(C)(C)CC2. The van der Waals surface area contributed by atoms with Crippen LogP contribution in [0, 0.1) is 0 Å². The molecule has 2 rings (SSSR count). The molecule has 0 saturated heterocycles. The van der Waals surface area contributed by atoms with Crippen molar-refractivity contribution < 1.29 is 14.8 Å². The zero-order valence-corrected chi connectivity index (χ0v) is 11.2. The first kappa shape index (κ1) is 12.8. The minimum atomic E-state index is -1.48. The maximum absolute atomic E-state index is 9.52. The first-order valence-electron chi connectivity index (χ1n) is 5.69. The van der Waals surface area contributed by atoms with Gasteiger partial charge in [0.05, 0.1) is 7.11 Å². The molecule has 0 unspecified atom stereocenters. The lowest BCUT2D eigenvalue weighted by molar-refractivity contribution is 0.401. The van der Waals surface area contributed by atoms with Gasteiger partial charge in [-0.2, -0.15) is 0 Å². The third-order valence-electron chi connectivity index (χ3n) is 3.09. The Morgan fingerprint density at radius 2 is 2.06 bits per heavy atom. The van der Waals surface area contributed by atoms with Crippen LogP contribution >= 0.6 is 11.8 Å². The van der Waals surface area contributed by atoms with Gasteiger partial charge in [-0.15, -0.1) is 11.8 Å². The van der Waals surface area contributed by atoms with E-state index in [0.29, 0.717) is 11.2 Å². The smallest absolute Gasteiger partial charge is 0.493 e. The van der Waals surface area contributed by atoms with E-state index in [2.05, 4.69) is 13.8 Å². The van der Waals surface area contributed by atoms with E-state index in [1.807, 2.05) is 12.1 Å². The molecule has 0 aliphatic carbocycles. The second-order valence-electron chi connectivity index (χ2n) is 4.91. The van der Waals surface area contributed by atoms with E-state index in [9.17, 15) is 10.0 Å². The van der Waals surface area contributed by atoms with Gasteiger partial charge in [-0.1, -0.05) is 19.9 Å². The van der Waals surface area contributed by atoms with Crippen LogP contribution in [0.5, 0.6) is 5.75 Å². The summed E-state index contributed by atoms with van der Waals surface area (Å²) in [4.78, 5) is 0.968. The third kappa shape index (κ3) is 2.46. The summed E-state index contributed by atoms with van der Waals surface area (Å²) in [6.45, 7) is 4.35.